The van der Waals surface area contributed by atoms with Gasteiger partial charge in [0.1, 0.15) is 5.41 Å². The van der Waals surface area contributed by atoms with Gasteiger partial charge >= 0.3 is 5.76 Å². The van der Waals surface area contributed by atoms with E-state index in [1.165, 1.54) is 0 Å². The van der Waals surface area contributed by atoms with Gasteiger partial charge in [-0.15, -0.1) is 0 Å². The molecule has 0 unspecified atom stereocenters. The third kappa shape index (κ3) is 1.63. The first-order valence-electron chi connectivity index (χ1n) is 5.32. The molecule has 0 bridgehead atoms. The number of ether oxygens (including phenoxy) is 1. The molecule has 0 radical (unpaired) electrons. The highest BCUT2D eigenvalue weighted by atomic mass is 16.5. The van der Waals surface area contributed by atoms with Crippen molar-refractivity contribution in [3.8, 4) is 6.07 Å². The molecule has 1 fully saturated rings. The van der Waals surface area contributed by atoms with Gasteiger partial charge in [-0.2, -0.15) is 5.26 Å². The Morgan fingerprint density at radius 3 is 2.94 bits per heavy atom. The summed E-state index contributed by atoms with van der Waals surface area (Å²) in [4.78, 5) is 13.6. The van der Waals surface area contributed by atoms with Crippen LogP contribution >= 0.6 is 0 Å². The van der Waals surface area contributed by atoms with E-state index < -0.39 is 11.2 Å². The molecule has 86 valence electrons. The van der Waals surface area contributed by atoms with Gasteiger partial charge in [-0.05, 0) is 24.1 Å². The van der Waals surface area contributed by atoms with Crippen molar-refractivity contribution in [2.75, 3.05) is 13.2 Å². The number of aromatic amines is 1. The number of oxazole rings is 1. The van der Waals surface area contributed by atoms with Crippen LogP contribution in [0.1, 0.15) is 5.56 Å². The van der Waals surface area contributed by atoms with E-state index in [-0.39, 0.29) is 0 Å². The second-order valence-electron chi connectivity index (χ2n) is 4.41. The van der Waals surface area contributed by atoms with Crippen LogP contribution in [0.2, 0.25) is 0 Å². The number of benzene rings is 1. The van der Waals surface area contributed by atoms with E-state index in [9.17, 15) is 4.79 Å². The van der Waals surface area contributed by atoms with E-state index in [0.29, 0.717) is 30.7 Å². The molecular weight excluding hydrogens is 220 g/mol. The van der Waals surface area contributed by atoms with Gasteiger partial charge in [0.15, 0.2) is 5.58 Å². The van der Waals surface area contributed by atoms with Crippen LogP contribution in [0.15, 0.2) is 27.4 Å². The highest BCUT2D eigenvalue weighted by Gasteiger charge is 2.39. The van der Waals surface area contributed by atoms with Crippen molar-refractivity contribution >= 4 is 11.1 Å². The molecule has 2 aromatic rings. The highest BCUT2D eigenvalue weighted by Crippen LogP contribution is 2.31. The summed E-state index contributed by atoms with van der Waals surface area (Å²) in [7, 11) is 0. The van der Waals surface area contributed by atoms with Crippen LogP contribution in [0.4, 0.5) is 0 Å². The Bertz CT molecular complexity index is 658. The van der Waals surface area contributed by atoms with Crippen LogP contribution in [0.5, 0.6) is 0 Å². The maximum absolute atomic E-state index is 11.0. The molecule has 0 spiro atoms. The SMILES string of the molecule is N#CC1(Cc2ccc3[nH]c(=O)oc3c2)COC1. The van der Waals surface area contributed by atoms with E-state index in [2.05, 4.69) is 11.1 Å². The minimum Gasteiger partial charge on any atom is -0.408 e. The van der Waals surface area contributed by atoms with Crippen molar-refractivity contribution in [3.05, 3.63) is 34.3 Å². The average Bonchev–Trinajstić information content (AvgIpc) is 2.63. The molecule has 1 saturated heterocycles. The van der Waals surface area contributed by atoms with Gasteiger partial charge in [0.2, 0.25) is 0 Å². The number of rotatable bonds is 2. The lowest BCUT2D eigenvalue weighted by atomic mass is 9.81. The van der Waals surface area contributed by atoms with Crippen molar-refractivity contribution in [1.29, 1.82) is 5.26 Å². The Hall–Kier alpha value is -2.06. The van der Waals surface area contributed by atoms with Gasteiger partial charge in [0.25, 0.3) is 0 Å². The number of nitriles is 1. The first kappa shape index (κ1) is 10.1. The maximum Gasteiger partial charge on any atom is 0.417 e. The second-order valence-corrected chi connectivity index (χ2v) is 4.41. The summed E-state index contributed by atoms with van der Waals surface area (Å²) >= 11 is 0. The number of hydrogen-bond donors (Lipinski definition) is 1. The third-order valence-corrected chi connectivity index (χ3v) is 3.02. The van der Waals surface area contributed by atoms with Gasteiger partial charge in [-0.25, -0.2) is 4.79 Å². The molecule has 2 heterocycles. The first-order valence-corrected chi connectivity index (χ1v) is 5.32. The Kier molecular flexibility index (Phi) is 2.06. The molecule has 1 aromatic carbocycles. The molecule has 0 atom stereocenters. The highest BCUT2D eigenvalue weighted by molar-refractivity contribution is 5.72. The largest absolute Gasteiger partial charge is 0.417 e. The quantitative estimate of drug-likeness (QED) is 0.840. The number of nitrogens with one attached hydrogen (secondary N) is 1. The Morgan fingerprint density at radius 2 is 2.29 bits per heavy atom. The standard InChI is InChI=1S/C12H10N2O3/c13-5-12(6-16-7-12)4-8-1-2-9-10(3-8)17-11(15)14-9/h1-3H,4,6-7H2,(H,14,15). The summed E-state index contributed by atoms with van der Waals surface area (Å²) in [6.07, 6.45) is 0.619. The maximum atomic E-state index is 11.0. The number of nitrogens with zero attached hydrogens (tertiary/aromatic N) is 1. The molecular formula is C12H10N2O3. The fourth-order valence-electron chi connectivity index (χ4n) is 2.05. The average molecular weight is 230 g/mol. The smallest absolute Gasteiger partial charge is 0.408 e. The number of H-pyrrole nitrogens is 1. The monoisotopic (exact) mass is 230 g/mol. The molecule has 1 aromatic heterocycles. The van der Waals surface area contributed by atoms with Crippen molar-refractivity contribution < 1.29 is 9.15 Å². The first-order chi connectivity index (χ1) is 8.21. The topological polar surface area (TPSA) is 79.0 Å². The predicted octanol–water partition coefficient (Wildman–Crippen LogP) is 1.20. The predicted molar refractivity (Wildman–Crippen MR) is 59.4 cm³/mol. The van der Waals surface area contributed by atoms with E-state index in [0.717, 1.165) is 5.56 Å². The van der Waals surface area contributed by atoms with Crippen LogP contribution in [-0.2, 0) is 11.2 Å². The molecule has 5 nitrogen and oxygen atoms in total. The summed E-state index contributed by atoms with van der Waals surface area (Å²) in [6, 6.07) is 7.77. The minimum absolute atomic E-state index is 0.412. The lowest BCUT2D eigenvalue weighted by Gasteiger charge is -2.34. The molecule has 0 aliphatic carbocycles. The van der Waals surface area contributed by atoms with Crippen LogP contribution in [0.25, 0.3) is 11.1 Å². The van der Waals surface area contributed by atoms with Gasteiger partial charge in [-0.1, -0.05) is 6.07 Å². The zero-order valence-electron chi connectivity index (χ0n) is 9.03. The van der Waals surface area contributed by atoms with Crippen LogP contribution in [-0.4, -0.2) is 18.2 Å². The van der Waals surface area contributed by atoms with Crippen molar-refractivity contribution in [2.45, 2.75) is 6.42 Å². The van der Waals surface area contributed by atoms with Gasteiger partial charge in [0.05, 0.1) is 24.8 Å². The van der Waals surface area contributed by atoms with Crippen LogP contribution in [0.3, 0.4) is 0 Å². The molecule has 5 heteroatoms. The number of aromatic nitrogens is 1. The number of fused-ring (bicyclic) bond motifs is 1. The normalized spacial score (nSPS) is 17.6. The summed E-state index contributed by atoms with van der Waals surface area (Å²) in [6.45, 7) is 0.942. The lowest BCUT2D eigenvalue weighted by molar-refractivity contribution is -0.0765. The molecule has 3 rings (SSSR count). The molecule has 1 aliphatic rings. The third-order valence-electron chi connectivity index (χ3n) is 3.02. The zero-order valence-corrected chi connectivity index (χ0v) is 9.03. The summed E-state index contributed by atoms with van der Waals surface area (Å²) in [5.41, 5.74) is 1.77. The van der Waals surface area contributed by atoms with Gasteiger partial charge in [-0.3, -0.25) is 4.98 Å². The fourth-order valence-corrected chi connectivity index (χ4v) is 2.05. The second kappa shape index (κ2) is 3.47. The van der Waals surface area contributed by atoms with Crippen molar-refractivity contribution in [1.82, 2.24) is 4.98 Å². The van der Waals surface area contributed by atoms with E-state index >= 15 is 0 Å². The van der Waals surface area contributed by atoms with E-state index in [4.69, 9.17) is 14.4 Å². The molecule has 0 amide bonds. The molecule has 1 aliphatic heterocycles. The lowest BCUT2D eigenvalue weighted by Crippen LogP contribution is -2.43. The van der Waals surface area contributed by atoms with Crippen LogP contribution < -0.4 is 5.76 Å². The van der Waals surface area contributed by atoms with Crippen molar-refractivity contribution in [3.63, 3.8) is 0 Å². The number of hydrogen-bond acceptors (Lipinski definition) is 4. The Labute approximate surface area is 96.6 Å². The minimum atomic E-state index is -0.459. The van der Waals surface area contributed by atoms with Crippen molar-refractivity contribution in [2.24, 2.45) is 5.41 Å². The van der Waals surface area contributed by atoms with E-state index in [1.54, 1.807) is 12.1 Å². The molecule has 1 N–H and O–H groups in total. The fraction of sp³-hybridized carbons (Fsp3) is 0.333. The molecule has 17 heavy (non-hydrogen) atoms. The summed E-state index contributed by atoms with van der Waals surface area (Å²) in [5.74, 6) is -0.459. The zero-order chi connectivity index (χ0) is 11.9. The van der Waals surface area contributed by atoms with Crippen LogP contribution in [0, 0.1) is 16.7 Å². The van der Waals surface area contributed by atoms with Gasteiger partial charge < -0.3 is 9.15 Å². The molecule has 0 saturated carbocycles. The Morgan fingerprint density at radius 1 is 1.47 bits per heavy atom. The van der Waals surface area contributed by atoms with E-state index in [1.807, 2.05) is 6.07 Å². The summed E-state index contributed by atoms with van der Waals surface area (Å²) < 4.78 is 10.1. The van der Waals surface area contributed by atoms with Gasteiger partial charge in [0, 0.05) is 0 Å². The summed E-state index contributed by atoms with van der Waals surface area (Å²) in [5, 5.41) is 9.11. The Balaban J connectivity index is 1.96.